The number of anilines is 1. The standard InChI is InChI=1S/C14H21NO5/c1-17-8-9-19-6-3-7-20-14(16)11-4-5-13(18-2)12(15)10-11/h4-5,10H,3,6-9,15H2,1-2H3. The lowest BCUT2D eigenvalue weighted by Crippen LogP contribution is -2.10. The van der Waals surface area contributed by atoms with Gasteiger partial charge in [0, 0.05) is 20.1 Å². The minimum atomic E-state index is -0.406. The minimum Gasteiger partial charge on any atom is -0.495 e. The van der Waals surface area contributed by atoms with Crippen molar-refractivity contribution in [2.45, 2.75) is 6.42 Å². The minimum absolute atomic E-state index is 0.303. The summed E-state index contributed by atoms with van der Waals surface area (Å²) >= 11 is 0. The largest absolute Gasteiger partial charge is 0.495 e. The van der Waals surface area contributed by atoms with Crippen molar-refractivity contribution in [1.29, 1.82) is 0 Å². The first-order valence-electron chi connectivity index (χ1n) is 6.36. The van der Waals surface area contributed by atoms with Gasteiger partial charge in [-0.05, 0) is 18.2 Å². The van der Waals surface area contributed by atoms with Crippen molar-refractivity contribution in [3.63, 3.8) is 0 Å². The van der Waals surface area contributed by atoms with Crippen molar-refractivity contribution in [2.24, 2.45) is 0 Å². The summed E-state index contributed by atoms with van der Waals surface area (Å²) in [6.07, 6.45) is 0.640. The van der Waals surface area contributed by atoms with E-state index >= 15 is 0 Å². The van der Waals surface area contributed by atoms with Gasteiger partial charge in [-0.3, -0.25) is 0 Å². The van der Waals surface area contributed by atoms with Crippen LogP contribution < -0.4 is 10.5 Å². The van der Waals surface area contributed by atoms with Crippen molar-refractivity contribution in [2.75, 3.05) is 46.4 Å². The molecule has 0 radical (unpaired) electrons. The smallest absolute Gasteiger partial charge is 0.338 e. The number of hydrogen-bond acceptors (Lipinski definition) is 6. The third-order valence-electron chi connectivity index (χ3n) is 2.56. The number of carbonyl (C=O) groups excluding carboxylic acids is 1. The molecule has 6 nitrogen and oxygen atoms in total. The second kappa shape index (κ2) is 9.17. The number of benzene rings is 1. The summed E-state index contributed by atoms with van der Waals surface area (Å²) in [6, 6.07) is 4.79. The summed E-state index contributed by atoms with van der Waals surface area (Å²) in [6.45, 7) is 1.93. The molecular weight excluding hydrogens is 262 g/mol. The van der Waals surface area contributed by atoms with E-state index in [-0.39, 0.29) is 0 Å². The monoisotopic (exact) mass is 283 g/mol. The van der Waals surface area contributed by atoms with Crippen molar-refractivity contribution in [3.8, 4) is 5.75 Å². The van der Waals surface area contributed by atoms with Gasteiger partial charge < -0.3 is 24.7 Å². The van der Waals surface area contributed by atoms with Gasteiger partial charge in [-0.15, -0.1) is 0 Å². The molecule has 20 heavy (non-hydrogen) atoms. The molecule has 0 heterocycles. The van der Waals surface area contributed by atoms with Crippen LogP contribution >= 0.6 is 0 Å². The Morgan fingerprint density at radius 3 is 2.60 bits per heavy atom. The first kappa shape index (κ1) is 16.3. The Bertz CT molecular complexity index is 422. The van der Waals surface area contributed by atoms with Crippen molar-refractivity contribution in [1.82, 2.24) is 0 Å². The average molecular weight is 283 g/mol. The number of ether oxygens (including phenoxy) is 4. The molecule has 0 fully saturated rings. The van der Waals surface area contributed by atoms with E-state index in [0.717, 1.165) is 0 Å². The van der Waals surface area contributed by atoms with Crippen LogP contribution in [0.3, 0.4) is 0 Å². The fourth-order valence-electron chi connectivity index (χ4n) is 1.51. The van der Waals surface area contributed by atoms with E-state index in [1.807, 2.05) is 0 Å². The lowest BCUT2D eigenvalue weighted by atomic mass is 10.2. The van der Waals surface area contributed by atoms with Gasteiger partial charge in [-0.2, -0.15) is 0 Å². The quantitative estimate of drug-likeness (QED) is 0.420. The summed E-state index contributed by atoms with van der Waals surface area (Å²) in [5.74, 6) is 0.129. The highest BCUT2D eigenvalue weighted by atomic mass is 16.5. The topological polar surface area (TPSA) is 80.0 Å². The molecule has 0 bridgehead atoms. The normalized spacial score (nSPS) is 10.3. The predicted octanol–water partition coefficient (Wildman–Crippen LogP) is 1.49. The van der Waals surface area contributed by atoms with Crippen LogP contribution in [0, 0.1) is 0 Å². The van der Waals surface area contributed by atoms with Crippen LogP contribution in [-0.2, 0) is 14.2 Å². The fourth-order valence-corrected chi connectivity index (χ4v) is 1.51. The van der Waals surface area contributed by atoms with Gasteiger partial charge in [-0.1, -0.05) is 0 Å². The van der Waals surface area contributed by atoms with Crippen LogP contribution in [0.5, 0.6) is 5.75 Å². The van der Waals surface area contributed by atoms with Gasteiger partial charge in [-0.25, -0.2) is 4.79 Å². The second-order valence-electron chi connectivity index (χ2n) is 4.05. The second-order valence-corrected chi connectivity index (χ2v) is 4.05. The number of methoxy groups -OCH3 is 2. The Kier molecular flexibility index (Phi) is 7.46. The molecule has 1 aromatic carbocycles. The first-order chi connectivity index (χ1) is 9.69. The average Bonchev–Trinajstić information content (AvgIpc) is 2.46. The molecule has 0 saturated carbocycles. The summed E-state index contributed by atoms with van der Waals surface area (Å²) < 4.78 is 20.2. The van der Waals surface area contributed by atoms with Crippen molar-refractivity contribution < 1.29 is 23.7 Å². The summed E-state index contributed by atoms with van der Waals surface area (Å²) in [5.41, 5.74) is 6.54. The zero-order valence-corrected chi connectivity index (χ0v) is 11.9. The van der Waals surface area contributed by atoms with Crippen LogP contribution in [0.15, 0.2) is 18.2 Å². The fraction of sp³-hybridized carbons (Fsp3) is 0.500. The Balaban J connectivity index is 2.27. The van der Waals surface area contributed by atoms with Gasteiger partial charge >= 0.3 is 5.97 Å². The molecular formula is C14H21NO5. The summed E-state index contributed by atoms with van der Waals surface area (Å²) in [7, 11) is 3.14. The molecule has 0 spiro atoms. The maximum atomic E-state index is 11.8. The maximum Gasteiger partial charge on any atom is 0.338 e. The predicted molar refractivity (Wildman–Crippen MR) is 75.0 cm³/mol. The van der Waals surface area contributed by atoms with Crippen molar-refractivity contribution >= 4 is 11.7 Å². The molecule has 0 aliphatic heterocycles. The van der Waals surface area contributed by atoms with Crippen LogP contribution in [0.4, 0.5) is 5.69 Å². The maximum absolute atomic E-state index is 11.8. The number of esters is 1. The zero-order valence-electron chi connectivity index (χ0n) is 11.9. The Morgan fingerprint density at radius 2 is 1.95 bits per heavy atom. The van der Waals surface area contributed by atoms with E-state index in [0.29, 0.717) is 49.8 Å². The lowest BCUT2D eigenvalue weighted by Gasteiger charge is -2.08. The molecule has 0 atom stereocenters. The molecule has 2 N–H and O–H groups in total. The van der Waals surface area contributed by atoms with Crippen LogP contribution in [-0.4, -0.2) is 46.6 Å². The summed E-state index contributed by atoms with van der Waals surface area (Å²) in [4.78, 5) is 11.8. The highest BCUT2D eigenvalue weighted by Gasteiger charge is 2.09. The molecule has 0 unspecified atom stereocenters. The van der Waals surface area contributed by atoms with E-state index in [9.17, 15) is 4.79 Å². The van der Waals surface area contributed by atoms with Crippen LogP contribution in [0.1, 0.15) is 16.8 Å². The first-order valence-corrected chi connectivity index (χ1v) is 6.36. The molecule has 0 aromatic heterocycles. The molecule has 112 valence electrons. The van der Waals surface area contributed by atoms with Gasteiger partial charge in [0.2, 0.25) is 0 Å². The number of rotatable bonds is 9. The highest BCUT2D eigenvalue weighted by molar-refractivity contribution is 5.91. The van der Waals surface area contributed by atoms with Gasteiger partial charge in [0.15, 0.2) is 0 Å². The number of nitrogens with two attached hydrogens (primary N) is 1. The van der Waals surface area contributed by atoms with E-state index in [1.165, 1.54) is 13.2 Å². The van der Waals surface area contributed by atoms with E-state index in [4.69, 9.17) is 24.7 Å². The zero-order chi connectivity index (χ0) is 14.8. The van der Waals surface area contributed by atoms with E-state index < -0.39 is 5.97 Å². The van der Waals surface area contributed by atoms with Crippen LogP contribution in [0.25, 0.3) is 0 Å². The van der Waals surface area contributed by atoms with Gasteiger partial charge in [0.1, 0.15) is 5.75 Å². The Hall–Kier alpha value is -1.79. The Labute approximate surface area is 118 Å². The van der Waals surface area contributed by atoms with Gasteiger partial charge in [0.25, 0.3) is 0 Å². The van der Waals surface area contributed by atoms with E-state index in [1.54, 1.807) is 19.2 Å². The molecule has 0 saturated heterocycles. The lowest BCUT2D eigenvalue weighted by molar-refractivity contribution is 0.0385. The van der Waals surface area contributed by atoms with Gasteiger partial charge in [0.05, 0.1) is 38.2 Å². The molecule has 1 aromatic rings. The molecule has 0 aliphatic rings. The SMILES string of the molecule is COCCOCCCOC(=O)c1ccc(OC)c(N)c1. The number of hydrogen-bond donors (Lipinski definition) is 1. The Morgan fingerprint density at radius 1 is 1.15 bits per heavy atom. The van der Waals surface area contributed by atoms with E-state index in [2.05, 4.69) is 0 Å². The number of nitrogen functional groups attached to an aromatic ring is 1. The molecule has 1 rings (SSSR count). The third-order valence-corrected chi connectivity index (χ3v) is 2.56. The summed E-state index contributed by atoms with van der Waals surface area (Å²) in [5, 5.41) is 0. The molecule has 0 aliphatic carbocycles. The third kappa shape index (κ3) is 5.46. The molecule has 0 amide bonds. The molecule has 6 heteroatoms. The van der Waals surface area contributed by atoms with Crippen LogP contribution in [0.2, 0.25) is 0 Å². The van der Waals surface area contributed by atoms with Crippen molar-refractivity contribution in [3.05, 3.63) is 23.8 Å². The number of carbonyl (C=O) groups is 1. The highest BCUT2D eigenvalue weighted by Crippen LogP contribution is 2.22.